The lowest BCUT2D eigenvalue weighted by Crippen LogP contribution is -2.43. The number of aromatic nitrogens is 2. The van der Waals surface area contributed by atoms with Gasteiger partial charge < -0.3 is 24.8 Å². The van der Waals surface area contributed by atoms with Gasteiger partial charge >= 0.3 is 6.01 Å². The molecule has 2 aromatic rings. The van der Waals surface area contributed by atoms with Crippen molar-refractivity contribution in [2.75, 3.05) is 42.8 Å². The third-order valence-corrected chi connectivity index (χ3v) is 7.58. The van der Waals surface area contributed by atoms with Gasteiger partial charge in [-0.25, -0.2) is 0 Å². The number of nitrogens with zero attached hydrogens (tertiary/aromatic N) is 4. The number of carbonyl (C=O) groups is 1. The van der Waals surface area contributed by atoms with Crippen LogP contribution in [0.15, 0.2) is 28.8 Å². The summed E-state index contributed by atoms with van der Waals surface area (Å²) < 4.78 is 11.4. The van der Waals surface area contributed by atoms with Gasteiger partial charge in [-0.15, -0.1) is 11.8 Å². The second kappa shape index (κ2) is 11.9. The van der Waals surface area contributed by atoms with Crippen LogP contribution in [0, 0.1) is 5.92 Å². The Balaban J connectivity index is 1.12. The van der Waals surface area contributed by atoms with Gasteiger partial charge in [0, 0.05) is 31.3 Å². The van der Waals surface area contributed by atoms with Crippen LogP contribution in [0.2, 0.25) is 0 Å². The number of hydrogen-bond donors (Lipinski definition) is 1. The van der Waals surface area contributed by atoms with Crippen LogP contribution in [-0.4, -0.2) is 64.9 Å². The molecule has 1 unspecified atom stereocenters. The van der Waals surface area contributed by atoms with E-state index in [-0.39, 0.29) is 11.8 Å². The third-order valence-electron chi connectivity index (χ3n) is 6.62. The van der Waals surface area contributed by atoms with Crippen molar-refractivity contribution in [2.24, 2.45) is 11.7 Å². The summed E-state index contributed by atoms with van der Waals surface area (Å²) in [6.07, 6.45) is 5.05. The van der Waals surface area contributed by atoms with Crippen LogP contribution in [0.1, 0.15) is 56.8 Å². The van der Waals surface area contributed by atoms with Crippen LogP contribution >= 0.6 is 11.8 Å². The van der Waals surface area contributed by atoms with Gasteiger partial charge in [-0.3, -0.25) is 4.79 Å². The van der Waals surface area contributed by atoms with Gasteiger partial charge in [0.2, 0.25) is 5.91 Å². The number of amides is 1. The van der Waals surface area contributed by atoms with Crippen LogP contribution < -0.4 is 15.4 Å². The Hall–Kier alpha value is -2.26. The molecule has 1 aromatic carbocycles. The molecule has 4 rings (SSSR count). The molecule has 0 radical (unpaired) electrons. The van der Waals surface area contributed by atoms with Gasteiger partial charge in [0.05, 0.1) is 18.5 Å². The first-order valence-corrected chi connectivity index (χ1v) is 13.6. The second-order valence-electron chi connectivity index (χ2n) is 9.60. The summed E-state index contributed by atoms with van der Waals surface area (Å²) in [7, 11) is 0. The fourth-order valence-corrected chi connectivity index (χ4v) is 5.40. The van der Waals surface area contributed by atoms with E-state index in [9.17, 15) is 4.79 Å². The Labute approximate surface area is 206 Å². The first-order chi connectivity index (χ1) is 16.5. The topological polar surface area (TPSA) is 97.7 Å². The normalized spacial score (nSPS) is 18.0. The van der Waals surface area contributed by atoms with Crippen LogP contribution in [0.3, 0.4) is 0 Å². The number of thioether (sulfide) groups is 1. The molecule has 0 spiro atoms. The molecular formula is C25H37N5O3S. The van der Waals surface area contributed by atoms with E-state index < -0.39 is 6.04 Å². The van der Waals surface area contributed by atoms with Crippen molar-refractivity contribution in [2.45, 2.75) is 57.9 Å². The minimum atomic E-state index is -0.478. The highest BCUT2D eigenvalue weighted by atomic mass is 32.2. The molecule has 8 nitrogen and oxygen atoms in total. The van der Waals surface area contributed by atoms with Crippen molar-refractivity contribution >= 4 is 23.7 Å². The summed E-state index contributed by atoms with van der Waals surface area (Å²) in [5, 5.41) is 4.07. The first kappa shape index (κ1) is 24.9. The molecule has 0 aliphatic carbocycles. The summed E-state index contributed by atoms with van der Waals surface area (Å²) >= 11 is 1.78. The van der Waals surface area contributed by atoms with Crippen molar-refractivity contribution < 1.29 is 14.1 Å². The molecular weight excluding hydrogens is 450 g/mol. The molecule has 2 aliphatic rings. The lowest BCUT2D eigenvalue weighted by Gasteiger charge is -2.30. The molecule has 3 heterocycles. The van der Waals surface area contributed by atoms with E-state index in [2.05, 4.69) is 28.9 Å². The van der Waals surface area contributed by atoms with E-state index in [4.69, 9.17) is 15.0 Å². The van der Waals surface area contributed by atoms with Crippen LogP contribution in [0.4, 0.5) is 6.01 Å². The number of rotatable bonds is 10. The highest BCUT2D eigenvalue weighted by Gasteiger charge is 2.25. The van der Waals surface area contributed by atoms with Crippen LogP contribution in [0.25, 0.3) is 0 Å². The minimum absolute atomic E-state index is 0.0496. The Morgan fingerprint density at radius 3 is 2.65 bits per heavy atom. The van der Waals surface area contributed by atoms with E-state index in [0.717, 1.165) is 67.7 Å². The number of hydrogen-bond acceptors (Lipinski definition) is 8. The van der Waals surface area contributed by atoms with Crippen molar-refractivity contribution in [3.8, 4) is 5.75 Å². The van der Waals surface area contributed by atoms with E-state index in [1.807, 2.05) is 29.2 Å². The lowest BCUT2D eigenvalue weighted by atomic mass is 9.92. The molecule has 2 N–H and O–H groups in total. The van der Waals surface area contributed by atoms with Gasteiger partial charge in [-0.1, -0.05) is 31.1 Å². The molecule has 2 fully saturated rings. The van der Waals surface area contributed by atoms with Crippen molar-refractivity contribution in [3.05, 3.63) is 35.7 Å². The number of ether oxygens (including phenoxy) is 1. The Bertz CT molecular complexity index is 906. The van der Waals surface area contributed by atoms with Gasteiger partial charge in [0.15, 0.2) is 5.82 Å². The van der Waals surface area contributed by atoms with E-state index in [1.54, 1.807) is 11.8 Å². The quantitative estimate of drug-likeness (QED) is 0.507. The van der Waals surface area contributed by atoms with Crippen LogP contribution in [-0.2, 0) is 11.2 Å². The van der Waals surface area contributed by atoms with Crippen molar-refractivity contribution in [3.63, 3.8) is 0 Å². The highest BCUT2D eigenvalue weighted by molar-refractivity contribution is 7.99. The van der Waals surface area contributed by atoms with Gasteiger partial charge in [0.25, 0.3) is 0 Å². The molecule has 0 bridgehead atoms. The molecule has 2 saturated heterocycles. The van der Waals surface area contributed by atoms with E-state index >= 15 is 0 Å². The minimum Gasteiger partial charge on any atom is -0.494 e. The SMILES string of the molecule is CC(C)c1noc(N2CCC(CCCOc3ccc(CC(N)C(=O)N4CCSC4)cc3)CC2)n1. The number of piperidine rings is 1. The van der Waals surface area contributed by atoms with E-state index in [0.29, 0.717) is 25.0 Å². The zero-order valence-electron chi connectivity index (χ0n) is 20.3. The largest absolute Gasteiger partial charge is 0.494 e. The molecule has 186 valence electrons. The lowest BCUT2D eigenvalue weighted by molar-refractivity contribution is -0.131. The number of anilines is 1. The molecule has 1 atom stereocenters. The standard InChI is InChI=1S/C25H37N5O3S/c1-18(2)23-27-25(33-28-23)29-11-9-19(10-12-29)4-3-14-32-21-7-5-20(6-8-21)16-22(26)24(31)30-13-15-34-17-30/h5-8,18-19,22H,3-4,9-17,26H2,1-2H3. The maximum Gasteiger partial charge on any atom is 0.324 e. The van der Waals surface area contributed by atoms with Gasteiger partial charge in [-0.2, -0.15) is 4.98 Å². The average molecular weight is 488 g/mol. The molecule has 1 aromatic heterocycles. The summed E-state index contributed by atoms with van der Waals surface area (Å²) in [5.41, 5.74) is 7.21. The zero-order chi connectivity index (χ0) is 23.9. The highest BCUT2D eigenvalue weighted by Crippen LogP contribution is 2.26. The maximum absolute atomic E-state index is 12.4. The Morgan fingerprint density at radius 2 is 2.00 bits per heavy atom. The molecule has 9 heteroatoms. The summed E-state index contributed by atoms with van der Waals surface area (Å²) in [5.74, 6) is 4.45. The molecule has 34 heavy (non-hydrogen) atoms. The summed E-state index contributed by atoms with van der Waals surface area (Å²) in [6, 6.07) is 8.17. The summed E-state index contributed by atoms with van der Waals surface area (Å²) in [6.45, 7) is 7.60. The first-order valence-electron chi connectivity index (χ1n) is 12.4. The van der Waals surface area contributed by atoms with Gasteiger partial charge in [-0.05, 0) is 55.7 Å². The number of carbonyl (C=O) groups excluding carboxylic acids is 1. The third kappa shape index (κ3) is 6.66. The molecule has 1 amide bonds. The Morgan fingerprint density at radius 1 is 1.24 bits per heavy atom. The second-order valence-corrected chi connectivity index (χ2v) is 10.7. The summed E-state index contributed by atoms with van der Waals surface area (Å²) in [4.78, 5) is 21.0. The predicted octanol–water partition coefficient (Wildman–Crippen LogP) is 3.67. The fraction of sp³-hybridized carbons (Fsp3) is 0.640. The van der Waals surface area contributed by atoms with E-state index in [1.165, 1.54) is 6.42 Å². The van der Waals surface area contributed by atoms with Crippen molar-refractivity contribution in [1.29, 1.82) is 0 Å². The maximum atomic E-state index is 12.4. The monoisotopic (exact) mass is 487 g/mol. The molecule has 2 aliphatic heterocycles. The Kier molecular flexibility index (Phi) is 8.72. The number of nitrogens with two attached hydrogens (primary N) is 1. The zero-order valence-corrected chi connectivity index (χ0v) is 21.1. The van der Waals surface area contributed by atoms with Crippen molar-refractivity contribution in [1.82, 2.24) is 15.0 Å². The smallest absolute Gasteiger partial charge is 0.324 e. The fourth-order valence-electron chi connectivity index (χ4n) is 4.45. The predicted molar refractivity (Wildman–Crippen MR) is 135 cm³/mol. The van der Waals surface area contributed by atoms with Crippen LogP contribution in [0.5, 0.6) is 5.75 Å². The molecule has 0 saturated carbocycles. The average Bonchev–Trinajstić information content (AvgIpc) is 3.56. The van der Waals surface area contributed by atoms with Gasteiger partial charge in [0.1, 0.15) is 5.75 Å². The number of benzene rings is 1.